The van der Waals surface area contributed by atoms with Gasteiger partial charge < -0.3 is 10.1 Å². The van der Waals surface area contributed by atoms with E-state index >= 15 is 0 Å². The van der Waals surface area contributed by atoms with Crippen molar-refractivity contribution in [1.82, 2.24) is 0 Å². The second kappa shape index (κ2) is 6.33. The summed E-state index contributed by atoms with van der Waals surface area (Å²) in [7, 11) is 1.68. The fourth-order valence-electron chi connectivity index (χ4n) is 2.68. The third-order valence-corrected chi connectivity index (χ3v) is 4.23. The van der Waals surface area contributed by atoms with E-state index in [2.05, 4.69) is 11.4 Å². The Kier molecular flexibility index (Phi) is 4.76. The van der Waals surface area contributed by atoms with Crippen LogP contribution >= 0.6 is 11.6 Å². The predicted molar refractivity (Wildman–Crippen MR) is 77.8 cm³/mol. The van der Waals surface area contributed by atoms with E-state index < -0.39 is 0 Å². The van der Waals surface area contributed by atoms with Crippen LogP contribution in [0, 0.1) is 12.8 Å². The molecule has 0 radical (unpaired) electrons. The highest BCUT2D eigenvalue weighted by Crippen LogP contribution is 2.32. The average Bonchev–Trinajstić information content (AvgIpc) is 2.86. The zero-order chi connectivity index (χ0) is 13.0. The van der Waals surface area contributed by atoms with Crippen LogP contribution in [0.25, 0.3) is 0 Å². The van der Waals surface area contributed by atoms with E-state index in [1.54, 1.807) is 7.11 Å². The zero-order valence-electron chi connectivity index (χ0n) is 11.3. The summed E-state index contributed by atoms with van der Waals surface area (Å²) in [5.41, 5.74) is 2.14. The van der Waals surface area contributed by atoms with E-state index in [-0.39, 0.29) is 0 Å². The first-order chi connectivity index (χ1) is 8.70. The fourth-order valence-corrected chi connectivity index (χ4v) is 2.83. The van der Waals surface area contributed by atoms with Gasteiger partial charge in [0.1, 0.15) is 5.75 Å². The van der Waals surface area contributed by atoms with Crippen molar-refractivity contribution in [2.45, 2.75) is 39.0 Å². The number of methoxy groups -OCH3 is 1. The van der Waals surface area contributed by atoms with Gasteiger partial charge in [0, 0.05) is 17.6 Å². The number of hydrogen-bond donors (Lipinski definition) is 1. The summed E-state index contributed by atoms with van der Waals surface area (Å²) < 4.78 is 5.36. The van der Waals surface area contributed by atoms with Crippen molar-refractivity contribution < 1.29 is 4.74 Å². The molecule has 0 heterocycles. The third-order valence-electron chi connectivity index (χ3n) is 3.82. The van der Waals surface area contributed by atoms with E-state index in [1.165, 1.54) is 32.1 Å². The van der Waals surface area contributed by atoms with Crippen LogP contribution in [0.4, 0.5) is 5.69 Å². The van der Waals surface area contributed by atoms with Gasteiger partial charge in [0.25, 0.3) is 0 Å². The monoisotopic (exact) mass is 267 g/mol. The number of halogens is 1. The maximum atomic E-state index is 6.09. The quantitative estimate of drug-likeness (QED) is 0.838. The van der Waals surface area contributed by atoms with E-state index in [9.17, 15) is 0 Å². The van der Waals surface area contributed by atoms with Gasteiger partial charge in [-0.15, -0.1) is 0 Å². The molecule has 18 heavy (non-hydrogen) atoms. The molecule has 3 heteroatoms. The zero-order valence-corrected chi connectivity index (χ0v) is 12.0. The number of ether oxygens (including phenoxy) is 1. The molecular formula is C15H22ClNO. The molecule has 1 aromatic carbocycles. The van der Waals surface area contributed by atoms with E-state index in [1.807, 2.05) is 13.0 Å². The second-order valence-corrected chi connectivity index (χ2v) is 5.57. The molecule has 0 atom stereocenters. The van der Waals surface area contributed by atoms with E-state index in [0.29, 0.717) is 0 Å². The Bertz CT molecular complexity index is 400. The standard InChI is InChI=1S/C15H22ClNO/c1-11-9-14(15(18-2)10-13(11)16)17-8-7-12-5-3-4-6-12/h9-10,12,17H,3-8H2,1-2H3. The number of hydrogen-bond acceptors (Lipinski definition) is 2. The highest BCUT2D eigenvalue weighted by Gasteiger charge is 2.14. The summed E-state index contributed by atoms with van der Waals surface area (Å²) in [5.74, 6) is 1.74. The van der Waals surface area contributed by atoms with Crippen LogP contribution < -0.4 is 10.1 Å². The Morgan fingerprint density at radius 1 is 1.33 bits per heavy atom. The Morgan fingerprint density at radius 3 is 2.72 bits per heavy atom. The van der Waals surface area contributed by atoms with Crippen LogP contribution in [-0.2, 0) is 0 Å². The van der Waals surface area contributed by atoms with Crippen molar-refractivity contribution in [3.8, 4) is 5.75 Å². The average molecular weight is 268 g/mol. The van der Waals surface area contributed by atoms with Crippen LogP contribution in [0.2, 0.25) is 5.02 Å². The minimum Gasteiger partial charge on any atom is -0.495 e. The minimum absolute atomic E-state index is 0.758. The molecule has 100 valence electrons. The van der Waals surface area contributed by atoms with Gasteiger partial charge in [0.05, 0.1) is 12.8 Å². The lowest BCUT2D eigenvalue weighted by molar-refractivity contribution is 0.416. The Hall–Kier alpha value is -0.890. The van der Waals surface area contributed by atoms with Crippen molar-refractivity contribution in [3.05, 3.63) is 22.7 Å². The topological polar surface area (TPSA) is 21.3 Å². The van der Waals surface area contributed by atoms with Crippen LogP contribution in [0.15, 0.2) is 12.1 Å². The molecule has 0 aliphatic heterocycles. The van der Waals surface area contributed by atoms with E-state index in [4.69, 9.17) is 16.3 Å². The van der Waals surface area contributed by atoms with Gasteiger partial charge in [-0.25, -0.2) is 0 Å². The maximum absolute atomic E-state index is 6.09. The number of aryl methyl sites for hydroxylation is 1. The minimum atomic E-state index is 0.758. The molecule has 0 unspecified atom stereocenters. The summed E-state index contributed by atoms with van der Waals surface area (Å²) in [4.78, 5) is 0. The molecule has 2 nitrogen and oxygen atoms in total. The predicted octanol–water partition coefficient (Wildman–Crippen LogP) is 4.65. The SMILES string of the molecule is COc1cc(Cl)c(C)cc1NCCC1CCCC1. The molecule has 0 saturated heterocycles. The number of rotatable bonds is 5. The van der Waals surface area contributed by atoms with E-state index in [0.717, 1.165) is 34.5 Å². The second-order valence-electron chi connectivity index (χ2n) is 5.17. The first kappa shape index (κ1) is 13.5. The van der Waals surface area contributed by atoms with Gasteiger partial charge in [-0.05, 0) is 30.9 Å². The molecule has 1 saturated carbocycles. The summed E-state index contributed by atoms with van der Waals surface area (Å²) in [6, 6.07) is 3.95. The molecule has 1 aromatic rings. The lowest BCUT2D eigenvalue weighted by atomic mass is 10.0. The summed E-state index contributed by atoms with van der Waals surface area (Å²) in [6.07, 6.45) is 6.88. The molecule has 0 aromatic heterocycles. The first-order valence-corrected chi connectivity index (χ1v) is 7.16. The third kappa shape index (κ3) is 3.32. The highest BCUT2D eigenvalue weighted by atomic mass is 35.5. The normalized spacial score (nSPS) is 15.9. The van der Waals surface area contributed by atoms with Crippen LogP contribution in [0.1, 0.15) is 37.7 Å². The molecule has 0 amide bonds. The van der Waals surface area contributed by atoms with Crippen LogP contribution in [0.3, 0.4) is 0 Å². The molecule has 1 fully saturated rings. The summed E-state index contributed by atoms with van der Waals surface area (Å²) in [6.45, 7) is 3.03. The van der Waals surface area contributed by atoms with Crippen LogP contribution in [0.5, 0.6) is 5.75 Å². The molecule has 1 N–H and O–H groups in total. The highest BCUT2D eigenvalue weighted by molar-refractivity contribution is 6.31. The van der Waals surface area contributed by atoms with Gasteiger partial charge in [0.15, 0.2) is 0 Å². The van der Waals surface area contributed by atoms with Gasteiger partial charge in [-0.2, -0.15) is 0 Å². The molecule has 1 aliphatic carbocycles. The lowest BCUT2D eigenvalue weighted by Gasteiger charge is -2.15. The van der Waals surface area contributed by atoms with Crippen molar-refractivity contribution in [1.29, 1.82) is 0 Å². The summed E-state index contributed by atoms with van der Waals surface area (Å²) in [5, 5.41) is 4.23. The van der Waals surface area contributed by atoms with Crippen LogP contribution in [-0.4, -0.2) is 13.7 Å². The number of benzene rings is 1. The molecule has 0 bridgehead atoms. The van der Waals surface area contributed by atoms with Crippen molar-refractivity contribution in [2.75, 3.05) is 19.0 Å². The Morgan fingerprint density at radius 2 is 2.06 bits per heavy atom. The Balaban J connectivity index is 1.93. The first-order valence-electron chi connectivity index (χ1n) is 6.78. The molecule has 1 aliphatic rings. The Labute approximate surface area is 115 Å². The number of anilines is 1. The molecule has 2 rings (SSSR count). The van der Waals surface area contributed by atoms with Crippen molar-refractivity contribution in [2.24, 2.45) is 5.92 Å². The smallest absolute Gasteiger partial charge is 0.143 e. The van der Waals surface area contributed by atoms with Gasteiger partial charge >= 0.3 is 0 Å². The molecular weight excluding hydrogens is 246 g/mol. The van der Waals surface area contributed by atoms with Gasteiger partial charge in [-0.1, -0.05) is 37.3 Å². The largest absolute Gasteiger partial charge is 0.495 e. The maximum Gasteiger partial charge on any atom is 0.143 e. The summed E-state index contributed by atoms with van der Waals surface area (Å²) >= 11 is 6.09. The lowest BCUT2D eigenvalue weighted by Crippen LogP contribution is -2.07. The van der Waals surface area contributed by atoms with Crippen molar-refractivity contribution >= 4 is 17.3 Å². The van der Waals surface area contributed by atoms with Gasteiger partial charge in [0.2, 0.25) is 0 Å². The molecule has 0 spiro atoms. The van der Waals surface area contributed by atoms with Crippen molar-refractivity contribution in [3.63, 3.8) is 0 Å². The fraction of sp³-hybridized carbons (Fsp3) is 0.600. The van der Waals surface area contributed by atoms with Gasteiger partial charge in [-0.3, -0.25) is 0 Å². The number of nitrogens with one attached hydrogen (secondary N) is 1.